The quantitative estimate of drug-likeness (QED) is 0.464. The number of aliphatic imine (C=N–C) groups is 2. The summed E-state index contributed by atoms with van der Waals surface area (Å²) in [6.45, 7) is 5.95. The molecule has 1 heterocycles. The first-order valence-corrected chi connectivity index (χ1v) is 11.8. The number of nitrogens with two attached hydrogens (primary N) is 1. The summed E-state index contributed by atoms with van der Waals surface area (Å²) >= 11 is 6.27. The standard InChI is InChI=1S/C26H29ClN4O4/c1-15-4-5-18(19-10-17(14-28)11-20(27)12-19)13-22(15)25(30-16(2)23(29)31-25)24(3)8-6-21(7-9-24)35-26(32,33)34/h4-5,10-13,21,32-34H,6-9H2,1-3H3,(H2,29,31). The van der Waals surface area contributed by atoms with E-state index in [-0.39, 0.29) is 0 Å². The van der Waals surface area contributed by atoms with Crippen LogP contribution < -0.4 is 5.73 Å². The molecule has 0 bridgehead atoms. The predicted molar refractivity (Wildman–Crippen MR) is 134 cm³/mol. The Morgan fingerprint density at radius 2 is 1.77 bits per heavy atom. The third-order valence-corrected chi connectivity index (χ3v) is 7.38. The first kappa shape index (κ1) is 25.3. The lowest BCUT2D eigenvalue weighted by molar-refractivity contribution is -0.467. The number of hydrogen-bond acceptors (Lipinski definition) is 8. The van der Waals surface area contributed by atoms with Crippen LogP contribution in [0.25, 0.3) is 11.1 Å². The summed E-state index contributed by atoms with van der Waals surface area (Å²) in [6, 6.07) is 13.4. The van der Waals surface area contributed by atoms with Gasteiger partial charge in [-0.3, -0.25) is 4.99 Å². The van der Waals surface area contributed by atoms with Crippen molar-refractivity contribution in [3.05, 3.63) is 58.1 Å². The number of benzene rings is 2. The molecule has 1 aliphatic carbocycles. The van der Waals surface area contributed by atoms with E-state index in [1.54, 1.807) is 12.1 Å². The van der Waals surface area contributed by atoms with Gasteiger partial charge in [0.2, 0.25) is 0 Å². The Labute approximate surface area is 209 Å². The fourth-order valence-corrected chi connectivity index (χ4v) is 5.45. The maximum Gasteiger partial charge on any atom is 0.405 e. The number of rotatable bonds is 5. The summed E-state index contributed by atoms with van der Waals surface area (Å²) in [7, 11) is 0. The number of amidine groups is 1. The molecule has 1 saturated carbocycles. The van der Waals surface area contributed by atoms with Crippen LogP contribution in [0.2, 0.25) is 5.02 Å². The Kier molecular flexibility index (Phi) is 6.51. The lowest BCUT2D eigenvalue weighted by Gasteiger charge is -2.47. The summed E-state index contributed by atoms with van der Waals surface area (Å²) in [5.41, 5.74) is 9.52. The topological polar surface area (TPSA) is 144 Å². The predicted octanol–water partition coefficient (Wildman–Crippen LogP) is 3.73. The van der Waals surface area contributed by atoms with Gasteiger partial charge in [0.1, 0.15) is 5.84 Å². The summed E-state index contributed by atoms with van der Waals surface area (Å²) in [6.07, 6.45) is -1.53. The zero-order chi connectivity index (χ0) is 25.6. The zero-order valence-corrected chi connectivity index (χ0v) is 20.7. The molecule has 8 nitrogen and oxygen atoms in total. The van der Waals surface area contributed by atoms with Gasteiger partial charge in [0.15, 0.2) is 5.66 Å². The van der Waals surface area contributed by atoms with Crippen LogP contribution in [0.3, 0.4) is 0 Å². The molecule has 0 amide bonds. The molecule has 0 aromatic heterocycles. The Balaban J connectivity index is 1.80. The monoisotopic (exact) mass is 496 g/mol. The first-order chi connectivity index (χ1) is 16.4. The third kappa shape index (κ3) is 4.83. The van der Waals surface area contributed by atoms with E-state index in [1.165, 1.54) is 0 Å². The van der Waals surface area contributed by atoms with E-state index in [2.05, 4.69) is 13.0 Å². The molecule has 35 heavy (non-hydrogen) atoms. The number of nitriles is 1. The molecular formula is C26H29ClN4O4. The second-order valence-corrected chi connectivity index (χ2v) is 10.1. The van der Waals surface area contributed by atoms with E-state index in [0.29, 0.717) is 47.8 Å². The van der Waals surface area contributed by atoms with E-state index < -0.39 is 23.3 Å². The molecule has 5 N–H and O–H groups in total. The smallest absolute Gasteiger partial charge is 0.382 e. The lowest BCUT2D eigenvalue weighted by Crippen LogP contribution is -2.46. The highest BCUT2D eigenvalue weighted by Gasteiger charge is 2.54. The summed E-state index contributed by atoms with van der Waals surface area (Å²) in [5.74, 6) is 0.379. The Morgan fingerprint density at radius 1 is 1.09 bits per heavy atom. The first-order valence-electron chi connectivity index (χ1n) is 11.5. The van der Waals surface area contributed by atoms with E-state index in [9.17, 15) is 20.6 Å². The minimum Gasteiger partial charge on any atom is -0.382 e. The SMILES string of the molecule is CC1=NC(c2cc(-c3cc(Cl)cc(C#N)c3)ccc2C)(C2(C)CCC(OC(O)(O)O)CC2)N=C1N. The molecular weight excluding hydrogens is 468 g/mol. The fraction of sp³-hybridized carbons (Fsp3) is 0.423. The molecule has 1 atom stereocenters. The largest absolute Gasteiger partial charge is 0.405 e. The van der Waals surface area contributed by atoms with Crippen LogP contribution in [0.5, 0.6) is 0 Å². The second kappa shape index (κ2) is 9.01. The minimum absolute atomic E-state index is 0.379. The summed E-state index contributed by atoms with van der Waals surface area (Å²) in [5, 5.41) is 37.6. The van der Waals surface area contributed by atoms with Crippen LogP contribution in [0.1, 0.15) is 56.2 Å². The van der Waals surface area contributed by atoms with Crippen LogP contribution in [0.15, 0.2) is 46.4 Å². The zero-order valence-electron chi connectivity index (χ0n) is 19.9. The van der Waals surface area contributed by atoms with Crippen molar-refractivity contribution < 1.29 is 20.1 Å². The molecule has 4 rings (SSSR count). The van der Waals surface area contributed by atoms with Gasteiger partial charge in [-0.15, -0.1) is 0 Å². The van der Waals surface area contributed by atoms with Gasteiger partial charge in [-0.2, -0.15) is 5.26 Å². The van der Waals surface area contributed by atoms with Crippen molar-refractivity contribution in [2.24, 2.45) is 21.1 Å². The highest BCUT2D eigenvalue weighted by Crippen LogP contribution is 2.56. The van der Waals surface area contributed by atoms with Crippen molar-refractivity contribution in [3.63, 3.8) is 0 Å². The lowest BCUT2D eigenvalue weighted by atomic mass is 9.63. The van der Waals surface area contributed by atoms with Crippen molar-refractivity contribution in [1.82, 2.24) is 0 Å². The summed E-state index contributed by atoms with van der Waals surface area (Å²) in [4.78, 5) is 9.97. The molecule has 1 aliphatic heterocycles. The normalized spacial score (nSPS) is 26.7. The number of nitrogens with zero attached hydrogens (tertiary/aromatic N) is 3. The summed E-state index contributed by atoms with van der Waals surface area (Å²) < 4.78 is 4.98. The van der Waals surface area contributed by atoms with E-state index >= 15 is 0 Å². The van der Waals surface area contributed by atoms with Gasteiger partial charge in [0, 0.05) is 16.0 Å². The molecule has 1 fully saturated rings. The van der Waals surface area contributed by atoms with Gasteiger partial charge in [0.05, 0.1) is 23.4 Å². The van der Waals surface area contributed by atoms with Crippen LogP contribution in [0.4, 0.5) is 0 Å². The van der Waals surface area contributed by atoms with Gasteiger partial charge >= 0.3 is 6.16 Å². The maximum atomic E-state index is 9.38. The van der Waals surface area contributed by atoms with Crippen molar-refractivity contribution in [2.75, 3.05) is 0 Å². The molecule has 0 saturated heterocycles. The number of aliphatic hydroxyl groups is 3. The van der Waals surface area contributed by atoms with Crippen molar-refractivity contribution in [2.45, 2.75) is 64.4 Å². The second-order valence-electron chi connectivity index (χ2n) is 9.69. The molecule has 0 spiro atoms. The average Bonchev–Trinajstić information content (AvgIpc) is 3.10. The minimum atomic E-state index is -3.16. The third-order valence-electron chi connectivity index (χ3n) is 7.16. The van der Waals surface area contributed by atoms with Crippen LogP contribution in [-0.4, -0.2) is 39.1 Å². The average molecular weight is 497 g/mol. The van der Waals surface area contributed by atoms with E-state index in [0.717, 1.165) is 22.3 Å². The van der Waals surface area contributed by atoms with Crippen LogP contribution >= 0.6 is 11.6 Å². The number of ether oxygens (including phenoxy) is 1. The molecule has 2 aromatic rings. The van der Waals surface area contributed by atoms with Gasteiger partial charge in [-0.05, 0) is 80.5 Å². The molecule has 184 valence electrons. The number of halogens is 1. The highest BCUT2D eigenvalue weighted by atomic mass is 35.5. The van der Waals surface area contributed by atoms with Crippen molar-refractivity contribution in [3.8, 4) is 17.2 Å². The number of hydrogen-bond donors (Lipinski definition) is 4. The van der Waals surface area contributed by atoms with Crippen molar-refractivity contribution >= 4 is 23.1 Å². The van der Waals surface area contributed by atoms with E-state index in [1.807, 2.05) is 38.1 Å². The van der Waals surface area contributed by atoms with Gasteiger partial charge in [-0.25, -0.2) is 4.99 Å². The van der Waals surface area contributed by atoms with Crippen molar-refractivity contribution in [1.29, 1.82) is 5.26 Å². The van der Waals surface area contributed by atoms with Gasteiger partial charge in [-0.1, -0.05) is 30.7 Å². The van der Waals surface area contributed by atoms with Crippen LogP contribution in [-0.2, 0) is 10.4 Å². The van der Waals surface area contributed by atoms with Gasteiger partial charge in [0.25, 0.3) is 0 Å². The number of aryl methyl sites for hydroxylation is 1. The molecule has 2 aromatic carbocycles. The Morgan fingerprint density at radius 3 is 2.34 bits per heavy atom. The fourth-order valence-electron chi connectivity index (χ4n) is 5.21. The van der Waals surface area contributed by atoms with Crippen LogP contribution in [0, 0.1) is 23.7 Å². The van der Waals surface area contributed by atoms with E-state index in [4.69, 9.17) is 32.1 Å². The Bertz CT molecular complexity index is 1230. The Hall–Kier alpha value is -2.80. The molecule has 2 aliphatic rings. The molecule has 9 heteroatoms. The highest BCUT2D eigenvalue weighted by molar-refractivity contribution is 6.41. The molecule has 1 unspecified atom stereocenters. The van der Waals surface area contributed by atoms with Gasteiger partial charge < -0.3 is 25.8 Å². The molecule has 0 radical (unpaired) electrons. The maximum absolute atomic E-state index is 9.38.